The van der Waals surface area contributed by atoms with E-state index < -0.39 is 0 Å². The quantitative estimate of drug-likeness (QED) is 0.833. The van der Waals surface area contributed by atoms with Gasteiger partial charge in [0.25, 0.3) is 0 Å². The topological polar surface area (TPSA) is 38.9 Å². The number of nitrogens with zero attached hydrogens (tertiary/aromatic N) is 1. The van der Waals surface area contributed by atoms with Crippen LogP contribution in [0.1, 0.15) is 30.7 Å². The highest BCUT2D eigenvalue weighted by Crippen LogP contribution is 2.26. The summed E-state index contributed by atoms with van der Waals surface area (Å²) in [7, 11) is 0. The Morgan fingerprint density at radius 1 is 1.19 bits per heavy atom. The standard InChI is InChI=1S/C14H18N2/c1-4-10-6-7-13-11(8-10)14(15)9(3)12(5-2)16-13/h6-8H,4-5H2,1-3H3,(H2,15,16). The van der Waals surface area contributed by atoms with Crippen molar-refractivity contribution in [2.45, 2.75) is 33.6 Å². The van der Waals surface area contributed by atoms with Crippen LogP contribution in [0, 0.1) is 6.92 Å². The third-order valence-electron chi connectivity index (χ3n) is 3.19. The number of fused-ring (bicyclic) bond motifs is 1. The maximum atomic E-state index is 6.18. The Kier molecular flexibility index (Phi) is 2.82. The number of hydrogen-bond donors (Lipinski definition) is 1. The van der Waals surface area contributed by atoms with E-state index >= 15 is 0 Å². The molecule has 0 aliphatic rings. The van der Waals surface area contributed by atoms with E-state index in [0.29, 0.717) is 0 Å². The normalized spacial score (nSPS) is 10.9. The molecule has 1 aromatic carbocycles. The van der Waals surface area contributed by atoms with Crippen molar-refractivity contribution in [3.63, 3.8) is 0 Å². The van der Waals surface area contributed by atoms with Gasteiger partial charge in [-0.2, -0.15) is 0 Å². The predicted molar refractivity (Wildman–Crippen MR) is 69.6 cm³/mol. The molecule has 0 saturated heterocycles. The largest absolute Gasteiger partial charge is 0.398 e. The second-order valence-corrected chi connectivity index (χ2v) is 4.16. The summed E-state index contributed by atoms with van der Waals surface area (Å²) in [5, 5.41) is 1.09. The van der Waals surface area contributed by atoms with Gasteiger partial charge in [0.05, 0.1) is 5.52 Å². The van der Waals surface area contributed by atoms with E-state index in [2.05, 4.69) is 44.0 Å². The van der Waals surface area contributed by atoms with Gasteiger partial charge in [0, 0.05) is 16.8 Å². The molecule has 2 nitrogen and oxygen atoms in total. The van der Waals surface area contributed by atoms with Crippen molar-refractivity contribution in [3.8, 4) is 0 Å². The van der Waals surface area contributed by atoms with Gasteiger partial charge in [-0.25, -0.2) is 0 Å². The number of hydrogen-bond acceptors (Lipinski definition) is 2. The third kappa shape index (κ3) is 1.64. The fourth-order valence-electron chi connectivity index (χ4n) is 2.05. The van der Waals surface area contributed by atoms with Gasteiger partial charge in [-0.1, -0.05) is 19.9 Å². The van der Waals surface area contributed by atoms with Crippen LogP contribution in [0.4, 0.5) is 5.69 Å². The zero-order chi connectivity index (χ0) is 11.7. The fourth-order valence-corrected chi connectivity index (χ4v) is 2.05. The molecule has 0 spiro atoms. The number of pyridine rings is 1. The van der Waals surface area contributed by atoms with E-state index in [1.807, 2.05) is 0 Å². The van der Waals surface area contributed by atoms with Crippen LogP contribution in [-0.4, -0.2) is 4.98 Å². The molecule has 0 aliphatic carbocycles. The summed E-state index contributed by atoms with van der Waals surface area (Å²) in [6.07, 6.45) is 1.96. The Balaban J connectivity index is 2.77. The average Bonchev–Trinajstić information content (AvgIpc) is 2.33. The fraction of sp³-hybridized carbons (Fsp3) is 0.357. The van der Waals surface area contributed by atoms with Crippen LogP contribution >= 0.6 is 0 Å². The molecule has 0 radical (unpaired) electrons. The second-order valence-electron chi connectivity index (χ2n) is 4.16. The summed E-state index contributed by atoms with van der Waals surface area (Å²) in [5.74, 6) is 0. The first-order chi connectivity index (χ1) is 7.67. The number of benzene rings is 1. The Morgan fingerprint density at radius 2 is 1.94 bits per heavy atom. The zero-order valence-electron chi connectivity index (χ0n) is 10.2. The molecule has 0 fully saturated rings. The minimum atomic E-state index is 0.886. The van der Waals surface area contributed by atoms with E-state index in [4.69, 9.17) is 5.73 Å². The van der Waals surface area contributed by atoms with Gasteiger partial charge in [0.1, 0.15) is 0 Å². The number of aromatic nitrogens is 1. The zero-order valence-corrected chi connectivity index (χ0v) is 10.2. The summed E-state index contributed by atoms with van der Waals surface area (Å²) in [6, 6.07) is 6.36. The molecule has 0 saturated carbocycles. The average molecular weight is 214 g/mol. The van der Waals surface area contributed by atoms with Crippen molar-refractivity contribution in [1.82, 2.24) is 4.98 Å². The third-order valence-corrected chi connectivity index (χ3v) is 3.19. The second kappa shape index (κ2) is 4.12. The van der Waals surface area contributed by atoms with Crippen molar-refractivity contribution in [2.24, 2.45) is 0 Å². The molecule has 0 aliphatic heterocycles. The maximum absolute atomic E-state index is 6.18. The molecular formula is C14H18N2. The monoisotopic (exact) mass is 214 g/mol. The highest BCUT2D eigenvalue weighted by molar-refractivity contribution is 5.92. The molecule has 84 valence electrons. The maximum Gasteiger partial charge on any atom is 0.0726 e. The van der Waals surface area contributed by atoms with Gasteiger partial charge in [-0.05, 0) is 43.0 Å². The number of aryl methyl sites for hydroxylation is 2. The van der Waals surface area contributed by atoms with Crippen LogP contribution in [0.3, 0.4) is 0 Å². The molecule has 0 atom stereocenters. The van der Waals surface area contributed by atoms with Gasteiger partial charge in [0.15, 0.2) is 0 Å². The van der Waals surface area contributed by atoms with Crippen molar-refractivity contribution in [2.75, 3.05) is 5.73 Å². The van der Waals surface area contributed by atoms with Gasteiger partial charge < -0.3 is 5.73 Å². The number of rotatable bonds is 2. The molecular weight excluding hydrogens is 196 g/mol. The first kappa shape index (κ1) is 10.9. The minimum absolute atomic E-state index is 0.886. The van der Waals surface area contributed by atoms with Crippen LogP contribution in [0.25, 0.3) is 10.9 Å². The lowest BCUT2D eigenvalue weighted by Gasteiger charge is -2.10. The molecule has 0 unspecified atom stereocenters. The Bertz CT molecular complexity index is 530. The summed E-state index contributed by atoms with van der Waals surface area (Å²) in [6.45, 7) is 6.32. The van der Waals surface area contributed by atoms with Gasteiger partial charge in [-0.15, -0.1) is 0 Å². The summed E-state index contributed by atoms with van der Waals surface area (Å²) < 4.78 is 0. The smallest absolute Gasteiger partial charge is 0.0726 e. The summed E-state index contributed by atoms with van der Waals surface area (Å²) in [4.78, 5) is 4.65. The first-order valence-corrected chi connectivity index (χ1v) is 5.85. The van der Waals surface area contributed by atoms with Crippen molar-refractivity contribution in [3.05, 3.63) is 35.0 Å². The van der Waals surface area contributed by atoms with E-state index in [1.54, 1.807) is 0 Å². The van der Waals surface area contributed by atoms with E-state index in [-0.39, 0.29) is 0 Å². The lowest BCUT2D eigenvalue weighted by atomic mass is 10.0. The molecule has 0 bridgehead atoms. The van der Waals surface area contributed by atoms with E-state index in [1.165, 1.54) is 5.56 Å². The Morgan fingerprint density at radius 3 is 2.56 bits per heavy atom. The molecule has 0 amide bonds. The number of nitrogen functional groups attached to an aromatic ring is 1. The lowest BCUT2D eigenvalue weighted by Crippen LogP contribution is -2.00. The predicted octanol–water partition coefficient (Wildman–Crippen LogP) is 3.25. The number of nitrogens with two attached hydrogens (primary N) is 1. The molecule has 2 rings (SSSR count). The van der Waals surface area contributed by atoms with Crippen molar-refractivity contribution >= 4 is 16.6 Å². The highest BCUT2D eigenvalue weighted by atomic mass is 14.7. The molecule has 1 heterocycles. The Hall–Kier alpha value is -1.57. The molecule has 2 aromatic rings. The SMILES string of the molecule is CCc1ccc2nc(CC)c(C)c(N)c2c1. The minimum Gasteiger partial charge on any atom is -0.398 e. The van der Waals surface area contributed by atoms with Crippen molar-refractivity contribution < 1.29 is 0 Å². The van der Waals surface area contributed by atoms with Crippen molar-refractivity contribution in [1.29, 1.82) is 0 Å². The first-order valence-electron chi connectivity index (χ1n) is 5.85. The van der Waals surface area contributed by atoms with Crippen LogP contribution in [0.5, 0.6) is 0 Å². The molecule has 2 N–H and O–H groups in total. The Labute approximate surface area is 96.5 Å². The van der Waals surface area contributed by atoms with E-state index in [0.717, 1.165) is 40.7 Å². The lowest BCUT2D eigenvalue weighted by molar-refractivity contribution is 1.03. The van der Waals surface area contributed by atoms with Gasteiger partial charge in [-0.3, -0.25) is 4.98 Å². The van der Waals surface area contributed by atoms with Crippen LogP contribution in [0.2, 0.25) is 0 Å². The van der Waals surface area contributed by atoms with E-state index in [9.17, 15) is 0 Å². The van der Waals surface area contributed by atoms with Gasteiger partial charge >= 0.3 is 0 Å². The van der Waals surface area contributed by atoms with Crippen LogP contribution in [0.15, 0.2) is 18.2 Å². The number of anilines is 1. The van der Waals surface area contributed by atoms with Crippen LogP contribution in [-0.2, 0) is 12.8 Å². The highest BCUT2D eigenvalue weighted by Gasteiger charge is 2.08. The van der Waals surface area contributed by atoms with Crippen LogP contribution < -0.4 is 5.73 Å². The summed E-state index contributed by atoms with van der Waals surface area (Å²) >= 11 is 0. The molecule has 16 heavy (non-hydrogen) atoms. The van der Waals surface area contributed by atoms with Gasteiger partial charge in [0.2, 0.25) is 0 Å². The summed E-state index contributed by atoms with van der Waals surface area (Å²) in [5.41, 5.74) is 11.6. The molecule has 2 heteroatoms. The molecule has 1 aromatic heterocycles.